The first-order valence-corrected chi connectivity index (χ1v) is 11.6. The smallest absolute Gasteiger partial charge is 0.280 e. The van der Waals surface area contributed by atoms with Crippen LogP contribution >= 0.6 is 0 Å². The third-order valence-corrected chi connectivity index (χ3v) is 6.15. The Morgan fingerprint density at radius 3 is 2.47 bits per heavy atom. The lowest BCUT2D eigenvalue weighted by atomic mass is 9.98. The molecule has 0 amide bonds. The Bertz CT molecular complexity index is 1490. The molecule has 0 radical (unpaired) electrons. The third-order valence-electron chi connectivity index (χ3n) is 6.15. The molecular formula is C27H26N6O. The second kappa shape index (κ2) is 9.39. The van der Waals surface area contributed by atoms with Crippen LogP contribution in [-0.4, -0.2) is 30.2 Å². The summed E-state index contributed by atoms with van der Waals surface area (Å²) in [6.07, 6.45) is 2.83. The molecule has 0 atom stereocenters. The van der Waals surface area contributed by atoms with Gasteiger partial charge in [-0.15, -0.1) is 10.2 Å². The molecule has 1 N–H and O–H groups in total. The average Bonchev–Trinajstić information content (AvgIpc) is 3.40. The number of unbranched alkanes of at least 4 members (excludes halogenated alkanes) is 1. The van der Waals surface area contributed by atoms with E-state index in [1.54, 1.807) is 0 Å². The normalized spacial score (nSPS) is 11.2. The van der Waals surface area contributed by atoms with Gasteiger partial charge >= 0.3 is 0 Å². The number of benzene rings is 3. The van der Waals surface area contributed by atoms with E-state index >= 15 is 0 Å². The Kier molecular flexibility index (Phi) is 5.99. The number of H-pyrrole nitrogens is 1. The number of aromatic nitrogens is 6. The van der Waals surface area contributed by atoms with Gasteiger partial charge in [0.25, 0.3) is 5.56 Å². The molecule has 7 heteroatoms. The Morgan fingerprint density at radius 2 is 1.74 bits per heavy atom. The molecule has 0 unspecified atom stereocenters. The van der Waals surface area contributed by atoms with Crippen LogP contribution in [0.3, 0.4) is 0 Å². The first-order chi connectivity index (χ1) is 16.7. The molecule has 34 heavy (non-hydrogen) atoms. The predicted molar refractivity (Wildman–Crippen MR) is 134 cm³/mol. The van der Waals surface area contributed by atoms with E-state index in [0.29, 0.717) is 17.8 Å². The summed E-state index contributed by atoms with van der Waals surface area (Å²) >= 11 is 0. The SMILES string of the molecule is CCCCc1nc(=O)c2cccc(C)c2n1Cc1ccc(-c2ccccc2-c2nn[nH]n2)cc1. The molecular weight excluding hydrogens is 424 g/mol. The van der Waals surface area contributed by atoms with Gasteiger partial charge in [0, 0.05) is 18.5 Å². The molecule has 3 aromatic carbocycles. The van der Waals surface area contributed by atoms with Gasteiger partial charge in [0.2, 0.25) is 5.82 Å². The highest BCUT2D eigenvalue weighted by Gasteiger charge is 2.14. The summed E-state index contributed by atoms with van der Waals surface area (Å²) in [5, 5.41) is 15.2. The van der Waals surface area contributed by atoms with Crippen molar-refractivity contribution in [1.29, 1.82) is 0 Å². The van der Waals surface area contributed by atoms with Crippen molar-refractivity contribution in [2.75, 3.05) is 0 Å². The third kappa shape index (κ3) is 4.12. The van der Waals surface area contributed by atoms with Gasteiger partial charge in [-0.1, -0.05) is 74.0 Å². The van der Waals surface area contributed by atoms with Crippen molar-refractivity contribution in [3.05, 3.63) is 94.0 Å². The number of tetrazole rings is 1. The molecule has 0 saturated heterocycles. The lowest BCUT2D eigenvalue weighted by Gasteiger charge is -2.18. The minimum atomic E-state index is -0.144. The van der Waals surface area contributed by atoms with Crippen molar-refractivity contribution >= 4 is 10.9 Å². The standard InChI is InChI=1S/C27H26N6O/c1-3-4-12-24-28-27(34)23-11-7-8-18(2)25(23)33(24)17-19-13-15-20(16-14-19)21-9-5-6-10-22(21)26-29-31-32-30-26/h5-11,13-16H,3-4,12,17H2,1-2H3,(H,29,30,31,32). The van der Waals surface area contributed by atoms with Crippen molar-refractivity contribution in [3.63, 3.8) is 0 Å². The summed E-state index contributed by atoms with van der Waals surface area (Å²) in [6.45, 7) is 4.86. The number of nitrogens with one attached hydrogen (secondary N) is 1. The van der Waals surface area contributed by atoms with Gasteiger partial charge in [-0.2, -0.15) is 10.2 Å². The van der Waals surface area contributed by atoms with Gasteiger partial charge in [0.1, 0.15) is 5.82 Å². The van der Waals surface area contributed by atoms with Gasteiger partial charge in [0.15, 0.2) is 0 Å². The quantitative estimate of drug-likeness (QED) is 0.379. The highest BCUT2D eigenvalue weighted by Crippen LogP contribution is 2.30. The van der Waals surface area contributed by atoms with Crippen LogP contribution in [0, 0.1) is 6.92 Å². The number of rotatable bonds is 7. The first-order valence-electron chi connectivity index (χ1n) is 11.6. The highest BCUT2D eigenvalue weighted by molar-refractivity contribution is 5.82. The monoisotopic (exact) mass is 450 g/mol. The Hall–Kier alpha value is -4.13. The van der Waals surface area contributed by atoms with Gasteiger partial charge < -0.3 is 4.57 Å². The van der Waals surface area contributed by atoms with Gasteiger partial charge in [-0.05, 0) is 46.9 Å². The number of hydrogen-bond donors (Lipinski definition) is 1. The van der Waals surface area contributed by atoms with E-state index in [1.807, 2.05) is 30.3 Å². The zero-order valence-corrected chi connectivity index (χ0v) is 19.3. The van der Waals surface area contributed by atoms with Crippen molar-refractivity contribution in [2.45, 2.75) is 39.7 Å². The lowest BCUT2D eigenvalue weighted by Crippen LogP contribution is -2.20. The van der Waals surface area contributed by atoms with Gasteiger partial charge in [-0.25, -0.2) is 0 Å². The van der Waals surface area contributed by atoms with Crippen LogP contribution in [0.25, 0.3) is 33.4 Å². The number of aromatic amines is 1. The summed E-state index contributed by atoms with van der Waals surface area (Å²) < 4.78 is 2.21. The van der Waals surface area contributed by atoms with E-state index in [9.17, 15) is 4.79 Å². The maximum atomic E-state index is 12.7. The molecule has 5 rings (SSSR count). The summed E-state index contributed by atoms with van der Waals surface area (Å²) in [7, 11) is 0. The second-order valence-corrected chi connectivity index (χ2v) is 8.47. The maximum absolute atomic E-state index is 12.7. The number of aryl methyl sites for hydroxylation is 2. The van der Waals surface area contributed by atoms with Crippen LogP contribution < -0.4 is 5.56 Å². The van der Waals surface area contributed by atoms with Crippen molar-refractivity contribution in [1.82, 2.24) is 30.2 Å². The maximum Gasteiger partial charge on any atom is 0.280 e. The van der Waals surface area contributed by atoms with Crippen LogP contribution in [0.2, 0.25) is 0 Å². The fourth-order valence-electron chi connectivity index (χ4n) is 4.43. The second-order valence-electron chi connectivity index (χ2n) is 8.47. The minimum Gasteiger partial charge on any atom is -0.324 e. The van der Waals surface area contributed by atoms with E-state index < -0.39 is 0 Å². The molecule has 2 aromatic heterocycles. The lowest BCUT2D eigenvalue weighted by molar-refractivity contribution is 0.668. The minimum absolute atomic E-state index is 0.144. The topological polar surface area (TPSA) is 89.4 Å². The molecule has 0 saturated carbocycles. The number of fused-ring (bicyclic) bond motifs is 1. The van der Waals surface area contributed by atoms with Crippen LogP contribution in [-0.2, 0) is 13.0 Å². The van der Waals surface area contributed by atoms with Crippen LogP contribution in [0.5, 0.6) is 0 Å². The molecule has 7 nitrogen and oxygen atoms in total. The largest absolute Gasteiger partial charge is 0.324 e. The Balaban J connectivity index is 1.54. The van der Waals surface area contributed by atoms with E-state index in [1.165, 1.54) is 0 Å². The number of nitrogens with zero attached hydrogens (tertiary/aromatic N) is 5. The molecule has 0 fully saturated rings. The predicted octanol–water partition coefficient (Wildman–Crippen LogP) is 4.94. The summed E-state index contributed by atoms with van der Waals surface area (Å²) in [5.41, 5.74) is 6.11. The van der Waals surface area contributed by atoms with E-state index in [-0.39, 0.29) is 5.56 Å². The van der Waals surface area contributed by atoms with Crippen molar-refractivity contribution in [3.8, 4) is 22.5 Å². The van der Waals surface area contributed by atoms with Gasteiger partial charge in [-0.3, -0.25) is 4.79 Å². The molecule has 0 spiro atoms. The fourth-order valence-corrected chi connectivity index (χ4v) is 4.43. The van der Waals surface area contributed by atoms with E-state index in [0.717, 1.165) is 58.4 Å². The molecule has 0 aliphatic carbocycles. The van der Waals surface area contributed by atoms with Gasteiger partial charge in [0.05, 0.1) is 10.9 Å². The summed E-state index contributed by atoms with van der Waals surface area (Å²) in [4.78, 5) is 17.2. The van der Waals surface area contributed by atoms with Crippen LogP contribution in [0.1, 0.15) is 36.7 Å². The number of para-hydroxylation sites is 1. The zero-order chi connectivity index (χ0) is 23.5. The Labute approximate surface area is 197 Å². The molecule has 170 valence electrons. The number of hydrogen-bond acceptors (Lipinski definition) is 5. The van der Waals surface area contributed by atoms with Crippen molar-refractivity contribution < 1.29 is 0 Å². The zero-order valence-electron chi connectivity index (χ0n) is 19.3. The van der Waals surface area contributed by atoms with Crippen LogP contribution in [0.15, 0.2) is 71.5 Å². The molecule has 2 heterocycles. The summed E-state index contributed by atoms with van der Waals surface area (Å²) in [5.74, 6) is 1.42. The van der Waals surface area contributed by atoms with Crippen LogP contribution in [0.4, 0.5) is 0 Å². The van der Waals surface area contributed by atoms with E-state index in [4.69, 9.17) is 0 Å². The molecule has 0 aliphatic rings. The Morgan fingerprint density at radius 1 is 0.941 bits per heavy atom. The highest BCUT2D eigenvalue weighted by atomic mass is 16.1. The average molecular weight is 451 g/mol. The van der Waals surface area contributed by atoms with Crippen molar-refractivity contribution in [2.24, 2.45) is 0 Å². The first kappa shape index (κ1) is 21.7. The van der Waals surface area contributed by atoms with E-state index in [2.05, 4.69) is 80.4 Å². The molecule has 5 aromatic rings. The molecule has 0 aliphatic heterocycles. The fraction of sp³-hybridized carbons (Fsp3) is 0.222. The molecule has 0 bridgehead atoms. The summed E-state index contributed by atoms with van der Waals surface area (Å²) in [6, 6.07) is 22.4.